The molecule has 1 amide bonds. The van der Waals surface area contributed by atoms with E-state index in [0.717, 1.165) is 28.0 Å². The highest BCUT2D eigenvalue weighted by atomic mass is 16.5. The molecular weight excluding hydrogens is 364 g/mol. The molecule has 2 aromatic heterocycles. The average Bonchev–Trinajstić information content (AvgIpc) is 3.42. The molecule has 0 saturated carbocycles. The van der Waals surface area contributed by atoms with Crippen molar-refractivity contribution in [3.8, 4) is 22.7 Å². The maximum absolute atomic E-state index is 12.6. The highest BCUT2D eigenvalue weighted by Gasteiger charge is 2.14. The first kappa shape index (κ1) is 16.9. The van der Waals surface area contributed by atoms with E-state index in [1.54, 1.807) is 6.07 Å². The van der Waals surface area contributed by atoms with E-state index in [-0.39, 0.29) is 11.6 Å². The van der Waals surface area contributed by atoms with Crippen molar-refractivity contribution in [3.05, 3.63) is 90.6 Å². The summed E-state index contributed by atoms with van der Waals surface area (Å²) in [6, 6.07) is 26.5. The minimum atomic E-state index is -0.335. The van der Waals surface area contributed by atoms with Crippen LogP contribution in [0.4, 0.5) is 5.69 Å². The normalized spacial score (nSPS) is 10.9. The van der Waals surface area contributed by atoms with E-state index < -0.39 is 0 Å². The first-order valence-electron chi connectivity index (χ1n) is 9.15. The van der Waals surface area contributed by atoms with Crippen LogP contribution in [0, 0.1) is 0 Å². The standard InChI is InChI=1S/C23H16N4O2/c28-23(20-14-21(29-27-20)15-7-2-1-3-8-15)24-17-10-6-9-16(13-17)22-25-18-11-4-5-12-19(18)26-22/h1-14H,(H,24,28)(H,25,26). The van der Waals surface area contributed by atoms with E-state index >= 15 is 0 Å². The Kier molecular flexibility index (Phi) is 4.14. The minimum absolute atomic E-state index is 0.220. The van der Waals surface area contributed by atoms with Crippen LogP contribution in [0.25, 0.3) is 33.7 Å². The fraction of sp³-hybridized carbons (Fsp3) is 0. The number of hydrogen-bond acceptors (Lipinski definition) is 4. The zero-order chi connectivity index (χ0) is 19.6. The smallest absolute Gasteiger partial charge is 0.277 e. The molecule has 140 valence electrons. The number of nitrogens with one attached hydrogen (secondary N) is 2. The number of rotatable bonds is 4. The molecule has 0 spiro atoms. The third-order valence-electron chi connectivity index (χ3n) is 4.58. The number of carbonyl (C=O) groups excluding carboxylic acids is 1. The lowest BCUT2D eigenvalue weighted by Gasteiger charge is -2.04. The number of para-hydroxylation sites is 2. The largest absolute Gasteiger partial charge is 0.355 e. The van der Waals surface area contributed by atoms with Gasteiger partial charge in [-0.1, -0.05) is 59.8 Å². The average molecular weight is 380 g/mol. The fourth-order valence-corrected chi connectivity index (χ4v) is 3.15. The molecule has 0 aliphatic carbocycles. The Balaban J connectivity index is 1.38. The van der Waals surface area contributed by atoms with Gasteiger partial charge < -0.3 is 14.8 Å². The van der Waals surface area contributed by atoms with E-state index in [1.807, 2.05) is 78.9 Å². The van der Waals surface area contributed by atoms with Crippen molar-refractivity contribution >= 4 is 22.6 Å². The van der Waals surface area contributed by atoms with Gasteiger partial charge in [0.1, 0.15) is 5.82 Å². The van der Waals surface area contributed by atoms with Crippen molar-refractivity contribution in [1.82, 2.24) is 15.1 Å². The van der Waals surface area contributed by atoms with Crippen LogP contribution < -0.4 is 5.32 Å². The second kappa shape index (κ2) is 7.09. The molecule has 29 heavy (non-hydrogen) atoms. The molecule has 0 bridgehead atoms. The third kappa shape index (κ3) is 3.39. The zero-order valence-corrected chi connectivity index (χ0v) is 15.3. The monoisotopic (exact) mass is 380 g/mol. The summed E-state index contributed by atoms with van der Waals surface area (Å²) in [5.74, 6) is 0.958. The number of anilines is 1. The summed E-state index contributed by atoms with van der Waals surface area (Å²) in [4.78, 5) is 20.5. The predicted molar refractivity (Wildman–Crippen MR) is 111 cm³/mol. The second-order valence-electron chi connectivity index (χ2n) is 6.58. The third-order valence-corrected chi connectivity index (χ3v) is 4.58. The van der Waals surface area contributed by atoms with Crippen LogP contribution in [0.5, 0.6) is 0 Å². The summed E-state index contributed by atoms with van der Waals surface area (Å²) in [7, 11) is 0. The molecule has 5 aromatic rings. The van der Waals surface area contributed by atoms with Gasteiger partial charge in [-0.3, -0.25) is 4.79 Å². The Morgan fingerprint density at radius 1 is 0.862 bits per heavy atom. The number of imidazole rings is 1. The van der Waals surface area contributed by atoms with Crippen molar-refractivity contribution in [1.29, 1.82) is 0 Å². The summed E-state index contributed by atoms with van der Waals surface area (Å²) in [6.07, 6.45) is 0. The zero-order valence-electron chi connectivity index (χ0n) is 15.3. The Morgan fingerprint density at radius 3 is 2.52 bits per heavy atom. The minimum Gasteiger partial charge on any atom is -0.355 e. The molecule has 0 fully saturated rings. The first-order valence-corrected chi connectivity index (χ1v) is 9.15. The number of carbonyl (C=O) groups is 1. The van der Waals surface area contributed by atoms with Gasteiger partial charge in [-0.15, -0.1) is 0 Å². The maximum atomic E-state index is 12.6. The number of aromatic amines is 1. The van der Waals surface area contributed by atoms with Gasteiger partial charge in [0.2, 0.25) is 0 Å². The number of hydrogen-bond donors (Lipinski definition) is 2. The number of aromatic nitrogens is 3. The Labute approximate surface area is 166 Å². The molecule has 0 aliphatic heterocycles. The van der Waals surface area contributed by atoms with Gasteiger partial charge in [-0.25, -0.2) is 4.98 Å². The van der Waals surface area contributed by atoms with E-state index in [1.165, 1.54) is 0 Å². The number of benzene rings is 3. The molecule has 0 saturated heterocycles. The van der Waals surface area contributed by atoms with Gasteiger partial charge in [0.25, 0.3) is 5.91 Å². The second-order valence-corrected chi connectivity index (χ2v) is 6.58. The van der Waals surface area contributed by atoms with Gasteiger partial charge in [-0.2, -0.15) is 0 Å². The number of nitrogens with zero attached hydrogens (tertiary/aromatic N) is 2. The quantitative estimate of drug-likeness (QED) is 0.452. The first-order chi connectivity index (χ1) is 14.3. The van der Waals surface area contributed by atoms with E-state index in [9.17, 15) is 4.79 Å². The molecule has 0 radical (unpaired) electrons. The number of H-pyrrole nitrogens is 1. The van der Waals surface area contributed by atoms with Gasteiger partial charge >= 0.3 is 0 Å². The van der Waals surface area contributed by atoms with Gasteiger partial charge in [0, 0.05) is 22.9 Å². The van der Waals surface area contributed by atoms with Gasteiger partial charge in [-0.05, 0) is 24.3 Å². The SMILES string of the molecule is O=C(Nc1cccc(-c2nc3ccccc3[nH]2)c1)c1cc(-c2ccccc2)on1. The molecule has 3 aromatic carbocycles. The Morgan fingerprint density at radius 2 is 1.66 bits per heavy atom. The van der Waals surface area contributed by atoms with Crippen LogP contribution in [-0.4, -0.2) is 21.0 Å². The Bertz CT molecular complexity index is 1270. The molecule has 5 rings (SSSR count). The summed E-state index contributed by atoms with van der Waals surface area (Å²) in [6.45, 7) is 0. The lowest BCUT2D eigenvalue weighted by Crippen LogP contribution is -2.12. The van der Waals surface area contributed by atoms with Crippen LogP contribution in [0.15, 0.2) is 89.5 Å². The Hall–Kier alpha value is -4.19. The van der Waals surface area contributed by atoms with Crippen LogP contribution in [0.2, 0.25) is 0 Å². The number of fused-ring (bicyclic) bond motifs is 1. The summed E-state index contributed by atoms with van der Waals surface area (Å²) < 4.78 is 5.31. The van der Waals surface area contributed by atoms with Crippen molar-refractivity contribution in [3.63, 3.8) is 0 Å². The van der Waals surface area contributed by atoms with Crippen LogP contribution in [0.3, 0.4) is 0 Å². The lowest BCUT2D eigenvalue weighted by molar-refractivity contribution is 0.101. The molecule has 0 atom stereocenters. The molecule has 0 unspecified atom stereocenters. The van der Waals surface area contributed by atoms with E-state index in [4.69, 9.17) is 4.52 Å². The number of amides is 1. The highest BCUT2D eigenvalue weighted by molar-refractivity contribution is 6.03. The summed E-state index contributed by atoms with van der Waals surface area (Å²) in [5, 5.41) is 6.76. The predicted octanol–water partition coefficient (Wildman–Crippen LogP) is 5.14. The topological polar surface area (TPSA) is 83.8 Å². The van der Waals surface area contributed by atoms with E-state index in [0.29, 0.717) is 11.4 Å². The highest BCUT2D eigenvalue weighted by Crippen LogP contribution is 2.24. The van der Waals surface area contributed by atoms with Crippen LogP contribution in [-0.2, 0) is 0 Å². The molecule has 0 aliphatic rings. The molecule has 6 heteroatoms. The molecule has 2 heterocycles. The fourth-order valence-electron chi connectivity index (χ4n) is 3.15. The van der Waals surface area contributed by atoms with Crippen LogP contribution in [0.1, 0.15) is 10.5 Å². The van der Waals surface area contributed by atoms with Crippen LogP contribution >= 0.6 is 0 Å². The van der Waals surface area contributed by atoms with Crippen molar-refractivity contribution in [2.45, 2.75) is 0 Å². The van der Waals surface area contributed by atoms with E-state index in [2.05, 4.69) is 20.4 Å². The molecule has 6 nitrogen and oxygen atoms in total. The summed E-state index contributed by atoms with van der Waals surface area (Å²) in [5.41, 5.74) is 4.48. The van der Waals surface area contributed by atoms with Gasteiger partial charge in [0.05, 0.1) is 11.0 Å². The van der Waals surface area contributed by atoms with Crippen molar-refractivity contribution < 1.29 is 9.32 Å². The molecular formula is C23H16N4O2. The van der Waals surface area contributed by atoms with Gasteiger partial charge in [0.15, 0.2) is 11.5 Å². The molecule has 2 N–H and O–H groups in total. The summed E-state index contributed by atoms with van der Waals surface area (Å²) >= 11 is 0. The van der Waals surface area contributed by atoms with Crippen molar-refractivity contribution in [2.24, 2.45) is 0 Å². The maximum Gasteiger partial charge on any atom is 0.277 e. The lowest BCUT2D eigenvalue weighted by atomic mass is 10.1. The van der Waals surface area contributed by atoms with Crippen molar-refractivity contribution in [2.75, 3.05) is 5.32 Å².